The summed E-state index contributed by atoms with van der Waals surface area (Å²) in [5.41, 5.74) is 1.12. The van der Waals surface area contributed by atoms with E-state index in [1.807, 2.05) is 6.07 Å². The predicted molar refractivity (Wildman–Crippen MR) is 66.6 cm³/mol. The fourth-order valence-electron chi connectivity index (χ4n) is 2.16. The van der Waals surface area contributed by atoms with Crippen LogP contribution in [0.3, 0.4) is 0 Å². The number of aromatic nitrogens is 1. The zero-order chi connectivity index (χ0) is 11.4. The monoisotopic (exact) mass is 239 g/mol. The van der Waals surface area contributed by atoms with Crippen LogP contribution in [0.25, 0.3) is 0 Å². The Morgan fingerprint density at radius 3 is 3.19 bits per heavy atom. The van der Waals surface area contributed by atoms with Crippen molar-refractivity contribution >= 4 is 11.6 Å². The SMILES string of the molecule is CN1CCCC1CNCc1ccncc1Cl. The molecule has 1 N–H and O–H groups in total. The topological polar surface area (TPSA) is 28.2 Å². The number of hydrogen-bond donors (Lipinski definition) is 1. The summed E-state index contributed by atoms with van der Waals surface area (Å²) in [6.45, 7) is 3.09. The summed E-state index contributed by atoms with van der Waals surface area (Å²) < 4.78 is 0. The Morgan fingerprint density at radius 2 is 2.50 bits per heavy atom. The van der Waals surface area contributed by atoms with Crippen LogP contribution in [-0.4, -0.2) is 36.1 Å². The van der Waals surface area contributed by atoms with E-state index in [9.17, 15) is 0 Å². The van der Waals surface area contributed by atoms with Gasteiger partial charge in [0.2, 0.25) is 0 Å². The van der Waals surface area contributed by atoms with E-state index in [4.69, 9.17) is 11.6 Å². The molecule has 1 saturated heterocycles. The van der Waals surface area contributed by atoms with E-state index in [0.717, 1.165) is 23.7 Å². The summed E-state index contributed by atoms with van der Waals surface area (Å²) in [4.78, 5) is 6.39. The summed E-state index contributed by atoms with van der Waals surface area (Å²) in [5.74, 6) is 0. The average Bonchev–Trinajstić information content (AvgIpc) is 2.67. The summed E-state index contributed by atoms with van der Waals surface area (Å²) in [5, 5.41) is 4.21. The molecule has 1 aliphatic rings. The van der Waals surface area contributed by atoms with Crippen molar-refractivity contribution in [3.05, 3.63) is 29.0 Å². The van der Waals surface area contributed by atoms with E-state index >= 15 is 0 Å². The number of likely N-dealkylation sites (N-methyl/N-ethyl adjacent to an activating group) is 1. The summed E-state index contributed by atoms with van der Waals surface area (Å²) >= 11 is 6.04. The van der Waals surface area contributed by atoms with E-state index in [2.05, 4.69) is 22.2 Å². The first kappa shape index (κ1) is 11.8. The zero-order valence-electron chi connectivity index (χ0n) is 9.62. The molecule has 0 radical (unpaired) electrons. The number of hydrogen-bond acceptors (Lipinski definition) is 3. The second-order valence-corrected chi connectivity index (χ2v) is 4.78. The van der Waals surface area contributed by atoms with E-state index < -0.39 is 0 Å². The molecular weight excluding hydrogens is 222 g/mol. The van der Waals surface area contributed by atoms with Crippen LogP contribution in [0.15, 0.2) is 18.5 Å². The Labute approximate surface area is 102 Å². The molecule has 0 bridgehead atoms. The van der Waals surface area contributed by atoms with Crippen LogP contribution in [0.5, 0.6) is 0 Å². The fraction of sp³-hybridized carbons (Fsp3) is 0.583. The maximum Gasteiger partial charge on any atom is 0.0634 e. The van der Waals surface area contributed by atoms with Gasteiger partial charge in [-0.05, 0) is 38.1 Å². The largest absolute Gasteiger partial charge is 0.311 e. The Hall–Kier alpha value is -0.640. The van der Waals surface area contributed by atoms with Crippen molar-refractivity contribution in [2.45, 2.75) is 25.4 Å². The van der Waals surface area contributed by atoms with E-state index in [-0.39, 0.29) is 0 Å². The second kappa shape index (κ2) is 5.62. The molecule has 1 aromatic heterocycles. The van der Waals surface area contributed by atoms with Gasteiger partial charge in [-0.25, -0.2) is 0 Å². The molecule has 1 aliphatic heterocycles. The average molecular weight is 240 g/mol. The van der Waals surface area contributed by atoms with Gasteiger partial charge in [-0.3, -0.25) is 4.98 Å². The summed E-state index contributed by atoms with van der Waals surface area (Å²) in [6.07, 6.45) is 6.09. The van der Waals surface area contributed by atoms with E-state index in [1.165, 1.54) is 19.4 Å². The number of halogens is 1. The van der Waals surface area contributed by atoms with Crippen molar-refractivity contribution in [3.8, 4) is 0 Å². The highest BCUT2D eigenvalue weighted by atomic mass is 35.5. The van der Waals surface area contributed by atoms with Gasteiger partial charge in [-0.2, -0.15) is 0 Å². The molecule has 1 aromatic rings. The van der Waals surface area contributed by atoms with Crippen LogP contribution in [0.1, 0.15) is 18.4 Å². The van der Waals surface area contributed by atoms with Crippen molar-refractivity contribution in [1.82, 2.24) is 15.2 Å². The highest BCUT2D eigenvalue weighted by Crippen LogP contribution is 2.15. The van der Waals surface area contributed by atoms with Crippen LogP contribution in [0.2, 0.25) is 5.02 Å². The molecule has 0 amide bonds. The minimum Gasteiger partial charge on any atom is -0.311 e. The minimum absolute atomic E-state index is 0.681. The molecule has 4 heteroatoms. The van der Waals surface area contributed by atoms with Gasteiger partial charge in [0.25, 0.3) is 0 Å². The molecule has 0 saturated carbocycles. The van der Waals surface area contributed by atoms with Crippen molar-refractivity contribution < 1.29 is 0 Å². The Morgan fingerprint density at radius 1 is 1.62 bits per heavy atom. The molecule has 0 aromatic carbocycles. The highest BCUT2D eigenvalue weighted by molar-refractivity contribution is 6.31. The van der Waals surface area contributed by atoms with Gasteiger partial charge in [0, 0.05) is 31.5 Å². The van der Waals surface area contributed by atoms with Crippen LogP contribution in [-0.2, 0) is 6.54 Å². The molecule has 0 spiro atoms. The van der Waals surface area contributed by atoms with Crippen LogP contribution in [0.4, 0.5) is 0 Å². The van der Waals surface area contributed by atoms with Crippen molar-refractivity contribution in [3.63, 3.8) is 0 Å². The molecule has 3 nitrogen and oxygen atoms in total. The Bertz CT molecular complexity index is 343. The van der Waals surface area contributed by atoms with Crippen LogP contribution < -0.4 is 5.32 Å². The maximum absolute atomic E-state index is 6.04. The summed E-state index contributed by atoms with van der Waals surface area (Å²) in [6, 6.07) is 2.65. The first-order valence-corrected chi connectivity index (χ1v) is 6.14. The number of likely N-dealkylation sites (tertiary alicyclic amines) is 1. The molecule has 1 fully saturated rings. The lowest BCUT2D eigenvalue weighted by molar-refractivity contribution is 0.300. The third-order valence-corrected chi connectivity index (χ3v) is 3.56. The van der Waals surface area contributed by atoms with Gasteiger partial charge in [0.15, 0.2) is 0 Å². The van der Waals surface area contributed by atoms with Gasteiger partial charge < -0.3 is 10.2 Å². The van der Waals surface area contributed by atoms with E-state index in [0.29, 0.717) is 6.04 Å². The van der Waals surface area contributed by atoms with Crippen molar-refractivity contribution in [2.24, 2.45) is 0 Å². The lowest BCUT2D eigenvalue weighted by Crippen LogP contribution is -2.35. The predicted octanol–water partition coefficient (Wildman–Crippen LogP) is 1.92. The minimum atomic E-state index is 0.681. The maximum atomic E-state index is 6.04. The quantitative estimate of drug-likeness (QED) is 0.870. The van der Waals surface area contributed by atoms with Gasteiger partial charge in [0.05, 0.1) is 5.02 Å². The molecule has 2 rings (SSSR count). The molecule has 2 heterocycles. The molecule has 1 atom stereocenters. The molecule has 0 aliphatic carbocycles. The number of rotatable bonds is 4. The first-order chi connectivity index (χ1) is 7.77. The van der Waals surface area contributed by atoms with Crippen LogP contribution >= 0.6 is 11.6 Å². The first-order valence-electron chi connectivity index (χ1n) is 5.76. The molecule has 88 valence electrons. The van der Waals surface area contributed by atoms with Gasteiger partial charge >= 0.3 is 0 Å². The van der Waals surface area contributed by atoms with Gasteiger partial charge in [-0.1, -0.05) is 11.6 Å². The second-order valence-electron chi connectivity index (χ2n) is 4.37. The third-order valence-electron chi connectivity index (χ3n) is 3.22. The number of pyridine rings is 1. The normalized spacial score (nSPS) is 21.5. The number of nitrogens with zero attached hydrogens (tertiary/aromatic N) is 2. The molecular formula is C12H18ClN3. The van der Waals surface area contributed by atoms with Crippen molar-refractivity contribution in [1.29, 1.82) is 0 Å². The Kier molecular flexibility index (Phi) is 4.16. The van der Waals surface area contributed by atoms with Gasteiger partial charge in [-0.15, -0.1) is 0 Å². The van der Waals surface area contributed by atoms with Crippen LogP contribution in [0, 0.1) is 0 Å². The number of nitrogens with one attached hydrogen (secondary N) is 1. The zero-order valence-corrected chi connectivity index (χ0v) is 10.4. The third kappa shape index (κ3) is 2.94. The molecule has 1 unspecified atom stereocenters. The molecule has 16 heavy (non-hydrogen) atoms. The highest BCUT2D eigenvalue weighted by Gasteiger charge is 2.19. The standard InChI is InChI=1S/C12H18ClN3/c1-16-6-2-3-11(16)8-15-7-10-4-5-14-9-12(10)13/h4-5,9,11,15H,2-3,6-8H2,1H3. The smallest absolute Gasteiger partial charge is 0.0634 e. The summed E-state index contributed by atoms with van der Waals surface area (Å²) in [7, 11) is 2.19. The van der Waals surface area contributed by atoms with Gasteiger partial charge in [0.1, 0.15) is 0 Å². The lowest BCUT2D eigenvalue weighted by Gasteiger charge is -2.19. The Balaban J connectivity index is 1.78. The lowest BCUT2D eigenvalue weighted by atomic mass is 10.2. The fourth-order valence-corrected chi connectivity index (χ4v) is 2.34. The van der Waals surface area contributed by atoms with Crippen molar-refractivity contribution in [2.75, 3.05) is 20.1 Å². The van der Waals surface area contributed by atoms with E-state index in [1.54, 1.807) is 12.4 Å².